The van der Waals surface area contributed by atoms with Gasteiger partial charge in [0, 0.05) is 37.2 Å². The van der Waals surface area contributed by atoms with Crippen LogP contribution in [0.3, 0.4) is 0 Å². The zero-order chi connectivity index (χ0) is 50.0. The molecule has 0 aliphatic rings. The first kappa shape index (κ1) is 56.1. The van der Waals surface area contributed by atoms with Crippen molar-refractivity contribution in [1.29, 1.82) is 0 Å². The number of esters is 3. The van der Waals surface area contributed by atoms with E-state index >= 15 is 0 Å². The minimum Gasteiger partial charge on any atom is -0.478 e. The molecule has 6 rings (SSSR count). The summed E-state index contributed by atoms with van der Waals surface area (Å²) >= 11 is 13.2. The standard InChI is InChI=1S/3C15H11N3O4S.Ru/c3*19-14(20)10-1-3-17-12(7-10)13-8-11(2-4-18-13)15(21)22-6-5-16-9-23;/h3*1-4,7-8H,5-6H2,(H,19,20);/q;;;+2. The van der Waals surface area contributed by atoms with Crippen molar-refractivity contribution in [3.05, 3.63) is 143 Å². The Morgan fingerprint density at radius 3 is 0.800 bits per heavy atom. The molecule has 0 radical (unpaired) electrons. The summed E-state index contributed by atoms with van der Waals surface area (Å²) in [6.45, 7) is 1.01. The molecule has 0 aliphatic carbocycles. The van der Waals surface area contributed by atoms with E-state index in [1.807, 2.05) is 0 Å². The minimum atomic E-state index is -1.07. The van der Waals surface area contributed by atoms with Gasteiger partial charge in [-0.3, -0.25) is 29.9 Å². The maximum atomic E-state index is 11.9. The predicted molar refractivity (Wildman–Crippen MR) is 254 cm³/mol. The van der Waals surface area contributed by atoms with Crippen molar-refractivity contribution in [2.24, 2.45) is 15.0 Å². The fraction of sp³-hybridized carbons (Fsp3) is 0.133. The minimum absolute atomic E-state index is 0. The first-order valence-corrected chi connectivity index (χ1v) is 20.7. The van der Waals surface area contributed by atoms with Crippen LogP contribution in [-0.4, -0.2) is 136 Å². The van der Waals surface area contributed by atoms with Gasteiger partial charge in [0.1, 0.15) is 19.8 Å². The van der Waals surface area contributed by atoms with E-state index < -0.39 is 35.8 Å². The molecule has 21 nitrogen and oxygen atoms in total. The molecular weight excluding hydrogens is 1060 g/mol. The predicted octanol–water partition coefficient (Wildman–Crippen LogP) is 6.30. The number of carboxylic acid groups (broad SMARTS) is 3. The summed E-state index contributed by atoms with van der Waals surface area (Å²) in [4.78, 5) is 104. The molecule has 0 fully saturated rings. The van der Waals surface area contributed by atoms with Gasteiger partial charge in [-0.15, -0.1) is 0 Å². The fourth-order valence-corrected chi connectivity index (χ4v) is 5.42. The second-order valence-corrected chi connectivity index (χ2v) is 13.4. The molecule has 0 saturated heterocycles. The van der Waals surface area contributed by atoms with E-state index in [0.717, 1.165) is 0 Å². The second-order valence-electron chi connectivity index (χ2n) is 12.8. The van der Waals surface area contributed by atoms with Crippen molar-refractivity contribution in [1.82, 2.24) is 29.9 Å². The number of aromatic nitrogens is 6. The maximum absolute atomic E-state index is 11.9. The fourth-order valence-electron chi connectivity index (χ4n) is 5.14. The number of rotatable bonds is 18. The number of isothiocyanates is 3. The van der Waals surface area contributed by atoms with Crippen molar-refractivity contribution in [3.63, 3.8) is 0 Å². The van der Waals surface area contributed by atoms with Gasteiger partial charge in [-0.25, -0.2) is 43.7 Å². The quantitative estimate of drug-likeness (QED) is 0.0212. The number of thiocarbonyl (C=S) groups is 3. The van der Waals surface area contributed by atoms with E-state index in [-0.39, 0.29) is 92.3 Å². The molecule has 70 heavy (non-hydrogen) atoms. The number of aromatic carboxylic acids is 3. The molecule has 0 unspecified atom stereocenters. The third kappa shape index (κ3) is 18.4. The van der Waals surface area contributed by atoms with Crippen LogP contribution in [0.4, 0.5) is 0 Å². The van der Waals surface area contributed by atoms with Gasteiger partial charge in [0.05, 0.1) is 103 Å². The van der Waals surface area contributed by atoms with Gasteiger partial charge < -0.3 is 29.5 Å². The van der Waals surface area contributed by atoms with Gasteiger partial charge in [-0.2, -0.15) is 0 Å². The van der Waals surface area contributed by atoms with Crippen LogP contribution in [0.5, 0.6) is 0 Å². The molecule has 0 amide bonds. The Bertz CT molecular complexity index is 2690. The largest absolute Gasteiger partial charge is 2.00 e. The van der Waals surface area contributed by atoms with Gasteiger partial charge in [0.15, 0.2) is 0 Å². The van der Waals surface area contributed by atoms with Crippen molar-refractivity contribution in [2.45, 2.75) is 0 Å². The van der Waals surface area contributed by atoms with Crippen LogP contribution in [-0.2, 0) is 33.7 Å². The summed E-state index contributed by atoms with van der Waals surface area (Å²) in [5.74, 6) is -4.82. The average Bonchev–Trinajstić information content (AvgIpc) is 3.38. The number of aliphatic imine (C=N–C) groups is 3. The molecule has 25 heteroatoms. The van der Waals surface area contributed by atoms with Crippen LogP contribution in [0.2, 0.25) is 0 Å². The van der Waals surface area contributed by atoms with Crippen LogP contribution in [0.15, 0.2) is 125 Å². The van der Waals surface area contributed by atoms with E-state index in [4.69, 9.17) is 29.5 Å². The van der Waals surface area contributed by atoms with E-state index in [2.05, 4.69) is 97.0 Å². The second kappa shape index (κ2) is 30.2. The third-order valence-electron chi connectivity index (χ3n) is 8.30. The Labute approximate surface area is 425 Å². The topological polar surface area (TPSA) is 305 Å². The normalized spacial score (nSPS) is 9.60. The number of carbonyl (C=O) groups excluding carboxylic acids is 3. The number of hydrogen-bond acceptors (Lipinski definition) is 21. The van der Waals surface area contributed by atoms with Gasteiger partial charge in [-0.1, -0.05) is 0 Å². The maximum Gasteiger partial charge on any atom is 2.00 e. The molecule has 0 aromatic carbocycles. The zero-order valence-electron chi connectivity index (χ0n) is 35.8. The average molecular weight is 1090 g/mol. The first-order chi connectivity index (χ1) is 33.3. The summed E-state index contributed by atoms with van der Waals surface area (Å²) in [5, 5.41) is 33.5. The molecule has 3 N–H and O–H groups in total. The van der Waals surface area contributed by atoms with E-state index in [9.17, 15) is 28.8 Å². The van der Waals surface area contributed by atoms with Crippen molar-refractivity contribution < 1.29 is 77.8 Å². The van der Waals surface area contributed by atoms with Crippen molar-refractivity contribution >= 4 is 88.0 Å². The van der Waals surface area contributed by atoms with E-state index in [0.29, 0.717) is 34.2 Å². The molecule has 6 aromatic rings. The summed E-state index contributed by atoms with van der Waals surface area (Å²) in [7, 11) is 0. The monoisotopic (exact) mass is 1090 g/mol. The number of carbonyl (C=O) groups is 6. The molecule has 0 spiro atoms. The van der Waals surface area contributed by atoms with Gasteiger partial charge in [-0.05, 0) is 109 Å². The third-order valence-corrected chi connectivity index (χ3v) is 8.68. The number of ether oxygens (including phenoxy) is 3. The number of nitrogens with zero attached hydrogens (tertiary/aromatic N) is 9. The summed E-state index contributed by atoms with van der Waals surface area (Å²) < 4.78 is 15.1. The zero-order valence-corrected chi connectivity index (χ0v) is 39.9. The first-order valence-electron chi connectivity index (χ1n) is 19.4. The summed E-state index contributed by atoms with van der Waals surface area (Å²) in [6, 6.07) is 17.2. The number of carboxylic acids is 3. The van der Waals surface area contributed by atoms with Crippen LogP contribution in [0, 0.1) is 0 Å². The van der Waals surface area contributed by atoms with Gasteiger partial charge >= 0.3 is 55.3 Å². The molecule has 6 heterocycles. The molecule has 354 valence electrons. The molecule has 0 aliphatic heterocycles. The Morgan fingerprint density at radius 1 is 0.400 bits per heavy atom. The van der Waals surface area contributed by atoms with Gasteiger partial charge in [0.2, 0.25) is 0 Å². The summed E-state index contributed by atoms with van der Waals surface area (Å²) in [5.41, 5.74) is 3.28. The molecular formula is C45H33N9O12RuS3+2. The van der Waals surface area contributed by atoms with Crippen LogP contribution < -0.4 is 0 Å². The van der Waals surface area contributed by atoms with E-state index in [1.54, 1.807) is 0 Å². The molecule has 6 aromatic heterocycles. The van der Waals surface area contributed by atoms with Gasteiger partial charge in [0.25, 0.3) is 0 Å². The Kier molecular flexibility index (Phi) is 24.2. The van der Waals surface area contributed by atoms with E-state index in [1.165, 1.54) is 110 Å². The van der Waals surface area contributed by atoms with Crippen molar-refractivity contribution in [3.8, 4) is 34.2 Å². The van der Waals surface area contributed by atoms with Crippen LogP contribution >= 0.6 is 36.7 Å². The smallest absolute Gasteiger partial charge is 0.478 e. The SMILES string of the molecule is O=C(O)c1ccnc(-c2cc(C(=O)OCCN=C=S)ccn2)c1.O=C(O)c1ccnc(-c2cc(C(=O)OCCN=C=S)ccn2)c1.O=C(O)c1ccnc(-c2cc(C(=O)OCCN=C=S)ccn2)c1.[Ru+2]. The Hall–Kier alpha value is -8.26. The Morgan fingerprint density at radius 2 is 0.600 bits per heavy atom. The molecule has 0 atom stereocenters. The van der Waals surface area contributed by atoms with Crippen molar-refractivity contribution in [2.75, 3.05) is 39.5 Å². The molecule has 0 bridgehead atoms. The van der Waals surface area contributed by atoms with Crippen LogP contribution in [0.1, 0.15) is 62.1 Å². The molecule has 0 saturated carbocycles. The Balaban J connectivity index is 0.000000276. The number of hydrogen-bond donors (Lipinski definition) is 3. The van der Waals surface area contributed by atoms with Crippen LogP contribution in [0.25, 0.3) is 34.2 Å². The summed E-state index contributed by atoms with van der Waals surface area (Å²) in [6.07, 6.45) is 8.39. The number of pyridine rings is 6.